The predicted octanol–water partition coefficient (Wildman–Crippen LogP) is 6.02. The summed E-state index contributed by atoms with van der Waals surface area (Å²) in [6, 6.07) is 11.0. The molecule has 0 fully saturated rings. The summed E-state index contributed by atoms with van der Waals surface area (Å²) in [5.74, 6) is -1.28. The second-order valence-electron chi connectivity index (χ2n) is 8.69. The minimum Gasteiger partial charge on any atom is -0.465 e. The Bertz CT molecular complexity index is 922. The highest BCUT2D eigenvalue weighted by molar-refractivity contribution is 5.90. The highest BCUT2D eigenvalue weighted by Crippen LogP contribution is 2.46. The van der Waals surface area contributed by atoms with Crippen LogP contribution in [0.2, 0.25) is 0 Å². The van der Waals surface area contributed by atoms with E-state index >= 15 is 0 Å². The predicted molar refractivity (Wildman–Crippen MR) is 108 cm³/mol. The van der Waals surface area contributed by atoms with Gasteiger partial charge in [0.15, 0.2) is 0 Å². The van der Waals surface area contributed by atoms with Crippen molar-refractivity contribution >= 4 is 11.5 Å². The molecule has 3 heteroatoms. The Morgan fingerprint density at radius 1 is 0.963 bits per heavy atom. The van der Waals surface area contributed by atoms with Crippen molar-refractivity contribution in [3.8, 4) is 0 Å². The normalized spacial score (nSPS) is 17.1. The molecular weight excluding hydrogens is 339 g/mol. The van der Waals surface area contributed by atoms with E-state index in [0.29, 0.717) is 5.56 Å². The molecule has 3 rings (SSSR count). The first-order valence-electron chi connectivity index (χ1n) is 9.29. The van der Waals surface area contributed by atoms with E-state index in [9.17, 15) is 9.18 Å². The molecule has 2 nitrogen and oxygen atoms in total. The van der Waals surface area contributed by atoms with Gasteiger partial charge in [-0.1, -0.05) is 58.5 Å². The molecule has 0 saturated carbocycles. The van der Waals surface area contributed by atoms with Crippen LogP contribution in [0.25, 0.3) is 5.57 Å². The van der Waals surface area contributed by atoms with Gasteiger partial charge in [0, 0.05) is 0 Å². The molecule has 0 heterocycles. The number of carbonyl (C=O) groups excluding carboxylic acids is 1. The lowest BCUT2D eigenvalue weighted by Gasteiger charge is -2.42. The summed E-state index contributed by atoms with van der Waals surface area (Å²) < 4.78 is 18.9. The minimum atomic E-state index is -0.678. The smallest absolute Gasteiger partial charge is 0.340 e. The van der Waals surface area contributed by atoms with E-state index in [2.05, 4.69) is 57.2 Å². The van der Waals surface area contributed by atoms with E-state index in [-0.39, 0.29) is 16.4 Å². The topological polar surface area (TPSA) is 26.3 Å². The average molecular weight is 366 g/mol. The molecule has 0 unspecified atom stereocenters. The number of carbonyl (C=O) groups is 1. The van der Waals surface area contributed by atoms with Gasteiger partial charge in [0.05, 0.1) is 12.7 Å². The highest BCUT2D eigenvalue weighted by atomic mass is 19.1. The number of ether oxygens (including phenoxy) is 1. The molecule has 1 aliphatic carbocycles. The minimum absolute atomic E-state index is 0.0672. The maximum absolute atomic E-state index is 14.3. The van der Waals surface area contributed by atoms with Crippen LogP contribution in [0.15, 0.2) is 43.0 Å². The lowest BCUT2D eigenvalue weighted by molar-refractivity contribution is 0.0595. The molecule has 0 radical (unpaired) electrons. The average Bonchev–Trinajstić information content (AvgIpc) is 2.64. The van der Waals surface area contributed by atoms with Crippen LogP contribution < -0.4 is 0 Å². The molecule has 2 aromatic carbocycles. The van der Waals surface area contributed by atoms with Crippen molar-refractivity contribution in [2.24, 2.45) is 0 Å². The van der Waals surface area contributed by atoms with Crippen molar-refractivity contribution in [2.45, 2.75) is 51.4 Å². The summed E-state index contributed by atoms with van der Waals surface area (Å²) in [7, 11) is 1.24. The summed E-state index contributed by atoms with van der Waals surface area (Å²) in [6.45, 7) is 13.3. The van der Waals surface area contributed by atoms with E-state index < -0.39 is 11.8 Å². The van der Waals surface area contributed by atoms with Gasteiger partial charge in [-0.05, 0) is 63.6 Å². The molecule has 1 aliphatic rings. The fraction of sp³-hybridized carbons (Fsp3) is 0.375. The van der Waals surface area contributed by atoms with E-state index in [1.165, 1.54) is 30.4 Å². The highest BCUT2D eigenvalue weighted by Gasteiger charge is 2.37. The number of hydrogen-bond acceptors (Lipinski definition) is 2. The van der Waals surface area contributed by atoms with Crippen LogP contribution in [0.5, 0.6) is 0 Å². The Balaban J connectivity index is 2.02. The number of fused-ring (bicyclic) bond motifs is 1. The number of halogens is 1. The molecule has 0 aromatic heterocycles. The van der Waals surface area contributed by atoms with Crippen LogP contribution in [-0.4, -0.2) is 13.1 Å². The Morgan fingerprint density at radius 3 is 2.11 bits per heavy atom. The van der Waals surface area contributed by atoms with Gasteiger partial charge in [-0.15, -0.1) is 0 Å². The van der Waals surface area contributed by atoms with Crippen molar-refractivity contribution in [1.82, 2.24) is 0 Å². The first-order valence-corrected chi connectivity index (χ1v) is 9.29. The van der Waals surface area contributed by atoms with Crippen molar-refractivity contribution < 1.29 is 13.9 Å². The quantitative estimate of drug-likeness (QED) is 0.621. The van der Waals surface area contributed by atoms with Crippen LogP contribution in [-0.2, 0) is 15.6 Å². The van der Waals surface area contributed by atoms with Gasteiger partial charge in [-0.3, -0.25) is 0 Å². The number of hydrogen-bond donors (Lipinski definition) is 0. The van der Waals surface area contributed by atoms with Crippen LogP contribution in [0.1, 0.15) is 73.1 Å². The molecule has 0 spiro atoms. The number of rotatable bonds is 3. The summed E-state index contributed by atoms with van der Waals surface area (Å²) >= 11 is 0. The van der Waals surface area contributed by atoms with Crippen LogP contribution >= 0.6 is 0 Å². The lowest BCUT2D eigenvalue weighted by atomic mass is 9.63. The Kier molecular flexibility index (Phi) is 4.75. The fourth-order valence-electron chi connectivity index (χ4n) is 3.92. The zero-order valence-corrected chi connectivity index (χ0v) is 16.8. The van der Waals surface area contributed by atoms with Crippen molar-refractivity contribution in [1.29, 1.82) is 0 Å². The first kappa shape index (κ1) is 19.3. The molecule has 142 valence electrons. The summed E-state index contributed by atoms with van der Waals surface area (Å²) in [5.41, 5.74) is 5.28. The Morgan fingerprint density at radius 2 is 1.52 bits per heavy atom. The largest absolute Gasteiger partial charge is 0.465 e. The van der Waals surface area contributed by atoms with Gasteiger partial charge in [-0.2, -0.15) is 0 Å². The molecular formula is C24H27FO2. The van der Waals surface area contributed by atoms with Gasteiger partial charge >= 0.3 is 5.97 Å². The summed E-state index contributed by atoms with van der Waals surface area (Å²) in [4.78, 5) is 11.6. The van der Waals surface area contributed by atoms with Crippen molar-refractivity contribution in [3.05, 3.63) is 76.6 Å². The molecule has 0 N–H and O–H groups in total. The number of methoxy groups -OCH3 is 1. The van der Waals surface area contributed by atoms with Gasteiger partial charge in [-0.25, -0.2) is 9.18 Å². The number of esters is 1. The second-order valence-corrected chi connectivity index (χ2v) is 8.69. The van der Waals surface area contributed by atoms with Gasteiger partial charge in [0.25, 0.3) is 0 Å². The van der Waals surface area contributed by atoms with E-state index in [0.717, 1.165) is 24.0 Å². The van der Waals surface area contributed by atoms with E-state index in [1.807, 2.05) is 0 Å². The van der Waals surface area contributed by atoms with Crippen molar-refractivity contribution in [3.63, 3.8) is 0 Å². The molecule has 0 saturated heterocycles. The fourth-order valence-corrected chi connectivity index (χ4v) is 3.92. The third-order valence-electron chi connectivity index (χ3n) is 5.92. The first-order chi connectivity index (χ1) is 12.6. The zero-order chi connectivity index (χ0) is 20.0. The molecule has 0 aliphatic heterocycles. The maximum atomic E-state index is 14.3. The monoisotopic (exact) mass is 366 g/mol. The lowest BCUT2D eigenvalue weighted by Crippen LogP contribution is -2.33. The van der Waals surface area contributed by atoms with Crippen LogP contribution in [0.4, 0.5) is 4.39 Å². The maximum Gasteiger partial charge on any atom is 0.340 e. The summed E-state index contributed by atoms with van der Waals surface area (Å²) in [6.07, 6.45) is 2.29. The molecule has 0 amide bonds. The van der Waals surface area contributed by atoms with Crippen LogP contribution in [0, 0.1) is 5.82 Å². The molecule has 0 bridgehead atoms. The second kappa shape index (κ2) is 6.63. The standard InChI is InChI=1S/C24H27FO2/c1-15(17-7-9-18(21(25)14-17)22(26)27-6)16-8-10-19-20(13-16)24(4,5)12-11-23(19,2)3/h7-10,13-14H,1,11-12H2,2-6H3. The van der Waals surface area contributed by atoms with Gasteiger partial charge in [0.2, 0.25) is 0 Å². The Hall–Kier alpha value is -2.42. The number of benzene rings is 2. The van der Waals surface area contributed by atoms with Gasteiger partial charge < -0.3 is 4.74 Å². The molecule has 2 aromatic rings. The zero-order valence-electron chi connectivity index (χ0n) is 16.8. The third kappa shape index (κ3) is 3.43. The van der Waals surface area contributed by atoms with Crippen molar-refractivity contribution in [2.75, 3.05) is 7.11 Å². The van der Waals surface area contributed by atoms with Gasteiger partial charge in [0.1, 0.15) is 5.82 Å². The third-order valence-corrected chi connectivity index (χ3v) is 5.92. The molecule has 27 heavy (non-hydrogen) atoms. The SMILES string of the molecule is C=C(c1ccc(C(=O)OC)c(F)c1)c1ccc2c(c1)C(C)(C)CCC2(C)C. The van der Waals surface area contributed by atoms with Crippen LogP contribution in [0.3, 0.4) is 0 Å². The molecule has 0 atom stereocenters. The van der Waals surface area contributed by atoms with E-state index in [4.69, 9.17) is 0 Å². The Labute approximate surface area is 161 Å². The summed E-state index contributed by atoms with van der Waals surface area (Å²) in [5, 5.41) is 0. The van der Waals surface area contributed by atoms with E-state index in [1.54, 1.807) is 6.07 Å².